The number of rotatable bonds is 2. The first-order valence-corrected chi connectivity index (χ1v) is 7.38. The Labute approximate surface area is 119 Å². The summed E-state index contributed by atoms with van der Waals surface area (Å²) in [7, 11) is 1.95. The van der Waals surface area contributed by atoms with E-state index in [0.29, 0.717) is 6.54 Å². The summed E-state index contributed by atoms with van der Waals surface area (Å²) >= 11 is 0. The second-order valence-electron chi connectivity index (χ2n) is 5.92. The summed E-state index contributed by atoms with van der Waals surface area (Å²) in [5.41, 5.74) is 9.04. The summed E-state index contributed by atoms with van der Waals surface area (Å²) in [6.45, 7) is 7.01. The Balaban J connectivity index is 2.07. The third-order valence-electron chi connectivity index (χ3n) is 4.36. The van der Waals surface area contributed by atoms with Gasteiger partial charge in [-0.05, 0) is 31.7 Å². The summed E-state index contributed by atoms with van der Waals surface area (Å²) < 4.78 is 1.86. The molecule has 1 fully saturated rings. The summed E-state index contributed by atoms with van der Waals surface area (Å²) in [4.78, 5) is 7.24. The van der Waals surface area contributed by atoms with Gasteiger partial charge < -0.3 is 10.6 Å². The van der Waals surface area contributed by atoms with Gasteiger partial charge in [0.25, 0.3) is 0 Å². The van der Waals surface area contributed by atoms with Crippen molar-refractivity contribution in [3.05, 3.63) is 17.3 Å². The highest BCUT2D eigenvalue weighted by atomic mass is 15.3. The maximum absolute atomic E-state index is 5.94. The molecule has 3 rings (SSSR count). The van der Waals surface area contributed by atoms with E-state index in [4.69, 9.17) is 10.7 Å². The standard InChI is InChI=1S/C15H23N5/c1-10-4-6-20(7-5-10)14-12(9-16)8-13-11(2)18-19(3)15(13)17-14/h8,10H,4-7,9,16H2,1-3H3. The lowest BCUT2D eigenvalue weighted by atomic mass is 9.99. The molecular weight excluding hydrogens is 250 g/mol. The van der Waals surface area contributed by atoms with Crippen LogP contribution in [0.5, 0.6) is 0 Å². The average Bonchev–Trinajstić information content (AvgIpc) is 2.73. The number of nitrogens with zero attached hydrogens (tertiary/aromatic N) is 4. The van der Waals surface area contributed by atoms with Gasteiger partial charge in [0.15, 0.2) is 5.65 Å². The van der Waals surface area contributed by atoms with Gasteiger partial charge >= 0.3 is 0 Å². The topological polar surface area (TPSA) is 60.0 Å². The minimum atomic E-state index is 0.526. The average molecular weight is 273 g/mol. The molecule has 0 spiro atoms. The van der Waals surface area contributed by atoms with Crippen LogP contribution in [0.4, 0.5) is 5.82 Å². The number of piperidine rings is 1. The van der Waals surface area contributed by atoms with E-state index < -0.39 is 0 Å². The molecule has 1 aliphatic rings. The van der Waals surface area contributed by atoms with E-state index in [1.165, 1.54) is 12.8 Å². The molecule has 2 N–H and O–H groups in total. The lowest BCUT2D eigenvalue weighted by molar-refractivity contribution is 0.436. The summed E-state index contributed by atoms with van der Waals surface area (Å²) in [5.74, 6) is 1.87. The monoisotopic (exact) mass is 273 g/mol. The molecule has 1 aliphatic heterocycles. The Kier molecular flexibility index (Phi) is 3.38. The van der Waals surface area contributed by atoms with Gasteiger partial charge in [-0.25, -0.2) is 4.98 Å². The molecule has 0 aliphatic carbocycles. The van der Waals surface area contributed by atoms with Crippen LogP contribution in [0.2, 0.25) is 0 Å². The number of aryl methyl sites for hydroxylation is 2. The molecule has 2 aromatic heterocycles. The molecule has 0 atom stereocenters. The Morgan fingerprint density at radius 2 is 2.05 bits per heavy atom. The van der Waals surface area contributed by atoms with Crippen LogP contribution in [0, 0.1) is 12.8 Å². The minimum Gasteiger partial charge on any atom is -0.356 e. The van der Waals surface area contributed by atoms with Gasteiger partial charge in [0.2, 0.25) is 0 Å². The molecule has 0 radical (unpaired) electrons. The van der Waals surface area contributed by atoms with Crippen LogP contribution in [-0.4, -0.2) is 27.9 Å². The van der Waals surface area contributed by atoms with E-state index >= 15 is 0 Å². The normalized spacial score (nSPS) is 17.1. The van der Waals surface area contributed by atoms with Gasteiger partial charge in [-0.15, -0.1) is 0 Å². The first kappa shape index (κ1) is 13.4. The smallest absolute Gasteiger partial charge is 0.160 e. The fraction of sp³-hybridized carbons (Fsp3) is 0.600. The number of nitrogens with two attached hydrogens (primary N) is 1. The van der Waals surface area contributed by atoms with Crippen molar-refractivity contribution in [1.29, 1.82) is 0 Å². The van der Waals surface area contributed by atoms with Crippen LogP contribution < -0.4 is 10.6 Å². The predicted molar refractivity (Wildman–Crippen MR) is 81.7 cm³/mol. The zero-order chi connectivity index (χ0) is 14.3. The fourth-order valence-corrected chi connectivity index (χ4v) is 3.02. The Morgan fingerprint density at radius 1 is 1.35 bits per heavy atom. The lowest BCUT2D eigenvalue weighted by Crippen LogP contribution is -2.34. The Hall–Kier alpha value is -1.62. The van der Waals surface area contributed by atoms with Crippen LogP contribution >= 0.6 is 0 Å². The molecular formula is C15H23N5. The van der Waals surface area contributed by atoms with E-state index in [-0.39, 0.29) is 0 Å². The van der Waals surface area contributed by atoms with Crippen molar-refractivity contribution in [1.82, 2.24) is 14.8 Å². The van der Waals surface area contributed by atoms with Gasteiger partial charge in [-0.2, -0.15) is 5.10 Å². The minimum absolute atomic E-state index is 0.526. The van der Waals surface area contributed by atoms with Crippen molar-refractivity contribution in [2.24, 2.45) is 18.7 Å². The molecule has 0 unspecified atom stereocenters. The van der Waals surface area contributed by atoms with E-state index in [1.807, 2.05) is 18.7 Å². The number of hydrogen-bond donors (Lipinski definition) is 1. The van der Waals surface area contributed by atoms with Gasteiger partial charge in [0, 0.05) is 37.6 Å². The van der Waals surface area contributed by atoms with Crippen LogP contribution in [0.25, 0.3) is 11.0 Å². The van der Waals surface area contributed by atoms with Crippen molar-refractivity contribution < 1.29 is 0 Å². The fourth-order valence-electron chi connectivity index (χ4n) is 3.02. The van der Waals surface area contributed by atoms with Crippen molar-refractivity contribution >= 4 is 16.9 Å². The zero-order valence-electron chi connectivity index (χ0n) is 12.6. The van der Waals surface area contributed by atoms with E-state index in [1.54, 1.807) is 0 Å². The first-order valence-electron chi connectivity index (χ1n) is 7.38. The SMILES string of the molecule is Cc1nn(C)c2nc(N3CCC(C)CC3)c(CN)cc12. The van der Waals surface area contributed by atoms with Crippen molar-refractivity contribution in [2.75, 3.05) is 18.0 Å². The van der Waals surface area contributed by atoms with E-state index in [9.17, 15) is 0 Å². The van der Waals surface area contributed by atoms with E-state index in [0.717, 1.165) is 47.1 Å². The number of anilines is 1. The number of aromatic nitrogens is 3. The highest BCUT2D eigenvalue weighted by Gasteiger charge is 2.21. The predicted octanol–water partition coefficient (Wildman–Crippen LogP) is 1.97. The van der Waals surface area contributed by atoms with Crippen LogP contribution in [-0.2, 0) is 13.6 Å². The highest BCUT2D eigenvalue weighted by Crippen LogP contribution is 2.28. The summed E-state index contributed by atoms with van der Waals surface area (Å²) in [6.07, 6.45) is 2.46. The van der Waals surface area contributed by atoms with Crippen molar-refractivity contribution in [3.8, 4) is 0 Å². The molecule has 0 amide bonds. The first-order chi connectivity index (χ1) is 9.60. The van der Waals surface area contributed by atoms with Crippen molar-refractivity contribution in [3.63, 3.8) is 0 Å². The molecule has 1 saturated heterocycles. The Bertz CT molecular complexity index is 623. The Morgan fingerprint density at radius 3 is 2.70 bits per heavy atom. The van der Waals surface area contributed by atoms with Gasteiger partial charge in [-0.1, -0.05) is 6.92 Å². The van der Waals surface area contributed by atoms with Crippen molar-refractivity contribution in [2.45, 2.75) is 33.2 Å². The quantitative estimate of drug-likeness (QED) is 0.909. The molecule has 5 heteroatoms. The zero-order valence-corrected chi connectivity index (χ0v) is 12.6. The maximum atomic E-state index is 5.94. The second kappa shape index (κ2) is 5.05. The van der Waals surface area contributed by atoms with Gasteiger partial charge in [0.1, 0.15) is 5.82 Å². The molecule has 108 valence electrons. The highest BCUT2D eigenvalue weighted by molar-refractivity contribution is 5.81. The number of pyridine rings is 1. The molecule has 5 nitrogen and oxygen atoms in total. The summed E-state index contributed by atoms with van der Waals surface area (Å²) in [5, 5.41) is 5.57. The van der Waals surface area contributed by atoms with Crippen LogP contribution in [0.15, 0.2) is 6.07 Å². The van der Waals surface area contributed by atoms with E-state index in [2.05, 4.69) is 23.0 Å². The number of hydrogen-bond acceptors (Lipinski definition) is 4. The second-order valence-corrected chi connectivity index (χ2v) is 5.92. The third-order valence-corrected chi connectivity index (χ3v) is 4.36. The van der Waals surface area contributed by atoms with Gasteiger partial charge in [-0.3, -0.25) is 4.68 Å². The molecule has 0 aromatic carbocycles. The lowest BCUT2D eigenvalue weighted by Gasteiger charge is -2.32. The van der Waals surface area contributed by atoms with Crippen LogP contribution in [0.1, 0.15) is 31.0 Å². The van der Waals surface area contributed by atoms with Crippen LogP contribution in [0.3, 0.4) is 0 Å². The number of fused-ring (bicyclic) bond motifs is 1. The molecule has 0 saturated carbocycles. The molecule has 3 heterocycles. The molecule has 20 heavy (non-hydrogen) atoms. The third kappa shape index (κ3) is 2.16. The molecule has 2 aromatic rings. The summed E-state index contributed by atoms with van der Waals surface area (Å²) in [6, 6.07) is 2.16. The maximum Gasteiger partial charge on any atom is 0.160 e. The molecule has 0 bridgehead atoms. The van der Waals surface area contributed by atoms with Gasteiger partial charge in [0.05, 0.1) is 5.69 Å². The largest absolute Gasteiger partial charge is 0.356 e.